The Kier molecular flexibility index (Phi) is 5.21. The van der Waals surface area contributed by atoms with Crippen molar-refractivity contribution in [1.29, 1.82) is 0 Å². The smallest absolute Gasteiger partial charge is 0.119 e. The third-order valence-corrected chi connectivity index (χ3v) is 4.49. The van der Waals surface area contributed by atoms with Crippen molar-refractivity contribution >= 4 is 10.9 Å². The molecule has 2 aromatic carbocycles. The Morgan fingerprint density at radius 1 is 1.12 bits per heavy atom. The van der Waals surface area contributed by atoms with Crippen LogP contribution in [0.15, 0.2) is 48.5 Å². The minimum atomic E-state index is 0.294. The number of H-pyrrole nitrogens is 1. The van der Waals surface area contributed by atoms with Gasteiger partial charge in [0.25, 0.3) is 0 Å². The first-order valence-corrected chi connectivity index (χ1v) is 8.72. The fourth-order valence-corrected chi connectivity index (χ4v) is 3.39. The van der Waals surface area contributed by atoms with Crippen molar-refractivity contribution in [3.05, 3.63) is 65.4 Å². The molecule has 3 rings (SSSR count). The van der Waals surface area contributed by atoms with Gasteiger partial charge in [-0.25, -0.2) is 0 Å². The number of fused-ring (bicyclic) bond motifs is 1. The highest BCUT2D eigenvalue weighted by atomic mass is 16.5. The summed E-state index contributed by atoms with van der Waals surface area (Å²) in [6.07, 6.45) is 1.94. The van der Waals surface area contributed by atoms with Crippen LogP contribution in [-0.2, 0) is 6.42 Å². The standard InChI is InChI=1S/C21H26N2O/c1-3-11-24-18-8-6-7-16(13-18)12-17(14-22)21-15(2)23-20-10-5-4-9-19(20)21/h4-10,13,17,23H,3,11-12,14,22H2,1-2H3. The minimum Gasteiger partial charge on any atom is -0.494 e. The summed E-state index contributed by atoms with van der Waals surface area (Å²) in [6.45, 7) is 5.64. The number of aromatic amines is 1. The highest BCUT2D eigenvalue weighted by Crippen LogP contribution is 2.31. The van der Waals surface area contributed by atoms with Crippen molar-refractivity contribution in [3.8, 4) is 5.75 Å². The molecule has 0 amide bonds. The van der Waals surface area contributed by atoms with Gasteiger partial charge in [-0.3, -0.25) is 0 Å². The molecule has 0 saturated heterocycles. The summed E-state index contributed by atoms with van der Waals surface area (Å²) in [5, 5.41) is 1.28. The molecule has 1 heterocycles. The number of para-hydroxylation sites is 1. The van der Waals surface area contributed by atoms with Gasteiger partial charge in [-0.15, -0.1) is 0 Å². The van der Waals surface area contributed by atoms with Crippen molar-refractivity contribution in [2.24, 2.45) is 5.73 Å². The van der Waals surface area contributed by atoms with Crippen molar-refractivity contribution < 1.29 is 4.74 Å². The number of aryl methyl sites for hydroxylation is 1. The predicted octanol–water partition coefficient (Wildman–Crippen LogP) is 4.55. The predicted molar refractivity (Wildman–Crippen MR) is 101 cm³/mol. The van der Waals surface area contributed by atoms with Crippen molar-refractivity contribution in [2.75, 3.05) is 13.2 Å². The van der Waals surface area contributed by atoms with Crippen LogP contribution in [0.4, 0.5) is 0 Å². The van der Waals surface area contributed by atoms with Crippen molar-refractivity contribution in [1.82, 2.24) is 4.98 Å². The zero-order valence-electron chi connectivity index (χ0n) is 14.5. The summed E-state index contributed by atoms with van der Waals surface area (Å²) in [7, 11) is 0. The van der Waals surface area contributed by atoms with Crippen LogP contribution in [-0.4, -0.2) is 18.1 Å². The Hall–Kier alpha value is -2.26. The Bertz CT molecular complexity index is 806. The van der Waals surface area contributed by atoms with Gasteiger partial charge in [0, 0.05) is 22.5 Å². The number of hydrogen-bond acceptors (Lipinski definition) is 2. The molecule has 3 N–H and O–H groups in total. The summed E-state index contributed by atoms with van der Waals surface area (Å²) in [6, 6.07) is 16.8. The number of nitrogens with two attached hydrogens (primary N) is 1. The second-order valence-corrected chi connectivity index (χ2v) is 6.34. The third kappa shape index (κ3) is 3.46. The normalized spacial score (nSPS) is 12.5. The van der Waals surface area contributed by atoms with Gasteiger partial charge in [-0.1, -0.05) is 37.3 Å². The van der Waals surface area contributed by atoms with Gasteiger partial charge < -0.3 is 15.5 Å². The number of benzene rings is 2. The minimum absolute atomic E-state index is 0.294. The number of hydrogen-bond donors (Lipinski definition) is 2. The van der Waals surface area contributed by atoms with E-state index >= 15 is 0 Å². The van der Waals surface area contributed by atoms with E-state index in [-0.39, 0.29) is 0 Å². The molecule has 3 heteroatoms. The maximum absolute atomic E-state index is 6.14. The average molecular weight is 322 g/mol. The summed E-state index contributed by atoms with van der Waals surface area (Å²) in [5.74, 6) is 1.24. The lowest BCUT2D eigenvalue weighted by Crippen LogP contribution is -2.15. The molecule has 0 fully saturated rings. The number of rotatable bonds is 7. The molecule has 3 nitrogen and oxygen atoms in total. The molecule has 0 aliphatic carbocycles. The van der Waals surface area contributed by atoms with E-state index in [0.717, 1.165) is 25.2 Å². The van der Waals surface area contributed by atoms with Crippen LogP contribution in [0.5, 0.6) is 5.75 Å². The maximum atomic E-state index is 6.14. The summed E-state index contributed by atoms with van der Waals surface area (Å²) in [4.78, 5) is 3.49. The molecule has 0 spiro atoms. The monoisotopic (exact) mass is 322 g/mol. The fraction of sp³-hybridized carbons (Fsp3) is 0.333. The molecule has 0 radical (unpaired) electrons. The lowest BCUT2D eigenvalue weighted by Gasteiger charge is -2.17. The quantitative estimate of drug-likeness (QED) is 0.670. The van der Waals surface area contributed by atoms with Gasteiger partial charge >= 0.3 is 0 Å². The van der Waals surface area contributed by atoms with Gasteiger partial charge in [-0.2, -0.15) is 0 Å². The molecule has 0 bridgehead atoms. The average Bonchev–Trinajstić information content (AvgIpc) is 2.94. The molecule has 1 aromatic heterocycles. The largest absolute Gasteiger partial charge is 0.494 e. The van der Waals surface area contributed by atoms with Crippen LogP contribution in [0.2, 0.25) is 0 Å². The van der Waals surface area contributed by atoms with Crippen LogP contribution in [0.3, 0.4) is 0 Å². The second kappa shape index (κ2) is 7.54. The van der Waals surface area contributed by atoms with E-state index in [1.807, 2.05) is 6.07 Å². The van der Waals surface area contributed by atoms with Crippen LogP contribution >= 0.6 is 0 Å². The highest BCUT2D eigenvalue weighted by molar-refractivity contribution is 5.85. The number of aromatic nitrogens is 1. The maximum Gasteiger partial charge on any atom is 0.119 e. The van der Waals surface area contributed by atoms with Crippen LogP contribution in [0.1, 0.15) is 36.1 Å². The Morgan fingerprint density at radius 3 is 2.75 bits per heavy atom. The van der Waals surface area contributed by atoms with Gasteiger partial charge in [0.15, 0.2) is 0 Å². The Balaban J connectivity index is 1.88. The van der Waals surface area contributed by atoms with E-state index in [9.17, 15) is 0 Å². The van der Waals surface area contributed by atoms with E-state index < -0.39 is 0 Å². The Labute approximate surface area is 143 Å². The molecule has 126 valence electrons. The molecular weight excluding hydrogens is 296 g/mol. The molecule has 3 aromatic rings. The van der Waals surface area contributed by atoms with Crippen LogP contribution < -0.4 is 10.5 Å². The van der Waals surface area contributed by atoms with Crippen molar-refractivity contribution in [2.45, 2.75) is 32.6 Å². The third-order valence-electron chi connectivity index (χ3n) is 4.49. The lowest BCUT2D eigenvalue weighted by atomic mass is 9.90. The molecular formula is C21H26N2O. The van der Waals surface area contributed by atoms with Gasteiger partial charge in [0.2, 0.25) is 0 Å². The Morgan fingerprint density at radius 2 is 1.96 bits per heavy atom. The van der Waals surface area contributed by atoms with Crippen LogP contribution in [0, 0.1) is 6.92 Å². The van der Waals surface area contributed by atoms with Gasteiger partial charge in [0.05, 0.1) is 6.61 Å². The molecule has 0 aliphatic heterocycles. The number of nitrogens with one attached hydrogen (secondary N) is 1. The van der Waals surface area contributed by atoms with E-state index in [1.54, 1.807) is 0 Å². The van der Waals surface area contributed by atoms with E-state index in [4.69, 9.17) is 10.5 Å². The SMILES string of the molecule is CCCOc1cccc(CC(CN)c2c(C)[nH]c3ccccc23)c1. The zero-order chi connectivity index (χ0) is 16.9. The van der Waals surface area contributed by atoms with Gasteiger partial charge in [0.1, 0.15) is 5.75 Å². The molecule has 24 heavy (non-hydrogen) atoms. The summed E-state index contributed by atoms with van der Waals surface area (Å²) >= 11 is 0. The summed E-state index contributed by atoms with van der Waals surface area (Å²) < 4.78 is 5.76. The fourth-order valence-electron chi connectivity index (χ4n) is 3.39. The van der Waals surface area contributed by atoms with E-state index in [1.165, 1.54) is 27.7 Å². The molecule has 0 aliphatic rings. The zero-order valence-corrected chi connectivity index (χ0v) is 14.5. The number of ether oxygens (including phenoxy) is 1. The van der Waals surface area contributed by atoms with E-state index in [2.05, 4.69) is 61.3 Å². The first-order chi connectivity index (χ1) is 11.7. The van der Waals surface area contributed by atoms with E-state index in [0.29, 0.717) is 12.5 Å². The van der Waals surface area contributed by atoms with Crippen molar-refractivity contribution in [3.63, 3.8) is 0 Å². The highest BCUT2D eigenvalue weighted by Gasteiger charge is 2.18. The molecule has 1 unspecified atom stereocenters. The molecule has 0 saturated carbocycles. The second-order valence-electron chi connectivity index (χ2n) is 6.34. The first-order valence-electron chi connectivity index (χ1n) is 8.72. The van der Waals surface area contributed by atoms with Crippen LogP contribution in [0.25, 0.3) is 10.9 Å². The topological polar surface area (TPSA) is 51.0 Å². The first kappa shape index (κ1) is 16.6. The molecule has 1 atom stereocenters. The summed E-state index contributed by atoms with van der Waals surface area (Å²) in [5.41, 5.74) is 11.1. The van der Waals surface area contributed by atoms with Gasteiger partial charge in [-0.05, 0) is 55.6 Å². The lowest BCUT2D eigenvalue weighted by molar-refractivity contribution is 0.317.